The Balaban J connectivity index is 1.80. The van der Waals surface area contributed by atoms with Gasteiger partial charge >= 0.3 is 7.12 Å². The largest absolute Gasteiger partial charge is 0.636 e. The molecule has 0 N–H and O–H groups in total. The molecular formula is C28H4BF15O2. The van der Waals surface area contributed by atoms with Gasteiger partial charge in [-0.25, -0.2) is 57.1 Å². The maximum Gasteiger partial charge on any atom is 0.636 e. The summed E-state index contributed by atoms with van der Waals surface area (Å²) in [4.78, 5) is 0. The van der Waals surface area contributed by atoms with Crippen LogP contribution in [-0.4, -0.2) is 7.12 Å². The third-order valence-electron chi connectivity index (χ3n) is 6.96. The first kappa shape index (κ1) is 31.0. The summed E-state index contributed by atoms with van der Waals surface area (Å²) in [7, 11) is -3.20. The van der Waals surface area contributed by atoms with Crippen molar-refractivity contribution in [1.29, 1.82) is 0 Å². The van der Waals surface area contributed by atoms with Gasteiger partial charge in [0.25, 0.3) is 0 Å². The van der Waals surface area contributed by atoms with Crippen molar-refractivity contribution >= 4 is 44.9 Å². The fraction of sp³-hybridized carbons (Fsp3) is 0. The molecule has 0 aromatic heterocycles. The zero-order valence-corrected chi connectivity index (χ0v) is 21.4. The van der Waals surface area contributed by atoms with Crippen molar-refractivity contribution in [3.63, 3.8) is 0 Å². The van der Waals surface area contributed by atoms with Crippen LogP contribution < -0.4 is 14.8 Å². The Labute approximate surface area is 243 Å². The molecule has 0 aliphatic heterocycles. The highest BCUT2D eigenvalue weighted by molar-refractivity contribution is 6.66. The third kappa shape index (κ3) is 4.11. The van der Waals surface area contributed by atoms with Gasteiger partial charge in [0.05, 0.1) is 21.6 Å². The highest BCUT2D eigenvalue weighted by atomic mass is 19.2. The van der Waals surface area contributed by atoms with Gasteiger partial charge in [0, 0.05) is 16.2 Å². The first-order valence-electron chi connectivity index (χ1n) is 12.1. The number of hydrogen-bond acceptors (Lipinski definition) is 2. The van der Waals surface area contributed by atoms with Gasteiger partial charge in [-0.1, -0.05) is 0 Å². The summed E-state index contributed by atoms with van der Waals surface area (Å²) in [6, 6.07) is 0.885. The van der Waals surface area contributed by atoms with Crippen molar-refractivity contribution < 1.29 is 75.2 Å². The zero-order chi connectivity index (χ0) is 33.7. The number of halogens is 15. The van der Waals surface area contributed by atoms with Crippen LogP contribution in [0.5, 0.6) is 11.5 Å². The van der Waals surface area contributed by atoms with E-state index in [0.717, 1.165) is 0 Å². The monoisotopic (exact) mass is 668 g/mol. The molecule has 0 amide bonds. The molecule has 0 bridgehead atoms. The molecule has 0 spiro atoms. The van der Waals surface area contributed by atoms with Crippen molar-refractivity contribution in [3.05, 3.63) is 112 Å². The minimum absolute atomic E-state index is 0.183. The van der Waals surface area contributed by atoms with E-state index in [1.807, 2.05) is 0 Å². The molecule has 0 atom stereocenters. The first-order chi connectivity index (χ1) is 21.6. The molecule has 0 aliphatic carbocycles. The van der Waals surface area contributed by atoms with Gasteiger partial charge in [-0.05, 0) is 24.3 Å². The van der Waals surface area contributed by atoms with Crippen LogP contribution in [0.4, 0.5) is 65.9 Å². The lowest BCUT2D eigenvalue weighted by molar-refractivity contribution is 0.370. The molecule has 0 unspecified atom stereocenters. The molecule has 0 saturated heterocycles. The standard InChI is InChI=1S/C28H4BF15O2/c30-5-1-3-7(18(34)16(5)32)45-29(46-8-4-2-6(31)17(33)19(8)35)15-11-9-10-13(21(37)20(11)36)25(41)28(44)26(42)14(10)23(39)22(38)12(9)24(40)27(15)43/h1-4H. The predicted octanol–water partition coefficient (Wildman–Crippen LogP) is 8.52. The maximum absolute atomic E-state index is 15.8. The van der Waals surface area contributed by atoms with Crippen LogP contribution in [0.15, 0.2) is 24.3 Å². The van der Waals surface area contributed by atoms with E-state index in [9.17, 15) is 43.9 Å². The molecule has 2 nitrogen and oxygen atoms in total. The molecule has 6 rings (SSSR count). The lowest BCUT2D eigenvalue weighted by Gasteiger charge is -2.23. The van der Waals surface area contributed by atoms with Gasteiger partial charge in [0.15, 0.2) is 75.6 Å². The fourth-order valence-corrected chi connectivity index (χ4v) is 4.95. The van der Waals surface area contributed by atoms with Crippen LogP contribution in [-0.2, 0) is 0 Å². The second kappa shape index (κ2) is 10.5. The van der Waals surface area contributed by atoms with Gasteiger partial charge in [0.1, 0.15) is 11.5 Å². The topological polar surface area (TPSA) is 18.5 Å². The van der Waals surface area contributed by atoms with E-state index in [1.54, 1.807) is 0 Å². The molecule has 0 aliphatic rings. The number of rotatable bonds is 5. The van der Waals surface area contributed by atoms with Gasteiger partial charge < -0.3 is 9.31 Å². The van der Waals surface area contributed by atoms with E-state index >= 15 is 22.0 Å². The summed E-state index contributed by atoms with van der Waals surface area (Å²) in [5.74, 6) is -38.8. The average Bonchev–Trinajstić information content (AvgIpc) is 3.02. The van der Waals surface area contributed by atoms with Gasteiger partial charge in [0.2, 0.25) is 11.6 Å². The van der Waals surface area contributed by atoms with Crippen LogP contribution in [0.2, 0.25) is 0 Å². The highest BCUT2D eigenvalue weighted by Gasteiger charge is 2.42. The summed E-state index contributed by atoms with van der Waals surface area (Å²) in [5, 5.41) is -10.8. The molecule has 6 aromatic carbocycles. The normalized spacial score (nSPS) is 11.8. The zero-order valence-electron chi connectivity index (χ0n) is 21.4. The second-order valence-electron chi connectivity index (χ2n) is 9.40. The first-order valence-corrected chi connectivity index (χ1v) is 12.1. The van der Waals surface area contributed by atoms with Crippen LogP contribution in [0, 0.1) is 87.3 Å². The summed E-state index contributed by atoms with van der Waals surface area (Å²) < 4.78 is 230. The maximum atomic E-state index is 15.8. The Bertz CT molecular complexity index is 2210. The molecule has 0 fully saturated rings. The van der Waals surface area contributed by atoms with Crippen LogP contribution >= 0.6 is 0 Å². The second-order valence-corrected chi connectivity index (χ2v) is 9.40. The van der Waals surface area contributed by atoms with Gasteiger partial charge in [-0.15, -0.1) is 0 Å². The molecule has 18 heteroatoms. The lowest BCUT2D eigenvalue weighted by Crippen LogP contribution is -2.46. The van der Waals surface area contributed by atoms with Crippen molar-refractivity contribution in [2.24, 2.45) is 0 Å². The molecule has 0 radical (unpaired) electrons. The minimum Gasteiger partial charge on any atom is -0.520 e. The quantitative estimate of drug-likeness (QED) is 0.0795. The molecule has 236 valence electrons. The summed E-state index contributed by atoms with van der Waals surface area (Å²) in [5.41, 5.74) is -1.92. The van der Waals surface area contributed by atoms with E-state index in [2.05, 4.69) is 0 Å². The highest BCUT2D eigenvalue weighted by Crippen LogP contribution is 2.44. The molecule has 6 aromatic rings. The molecule has 0 saturated carbocycles. The smallest absolute Gasteiger partial charge is 0.520 e. The van der Waals surface area contributed by atoms with Crippen LogP contribution in [0.3, 0.4) is 0 Å². The molecule has 0 heterocycles. The Morgan fingerprint density at radius 2 is 0.630 bits per heavy atom. The third-order valence-corrected chi connectivity index (χ3v) is 6.96. The van der Waals surface area contributed by atoms with Crippen molar-refractivity contribution in [2.75, 3.05) is 0 Å². The van der Waals surface area contributed by atoms with Crippen molar-refractivity contribution in [3.8, 4) is 11.5 Å². The Morgan fingerprint density at radius 1 is 0.304 bits per heavy atom. The van der Waals surface area contributed by atoms with E-state index < -0.39 is 144 Å². The summed E-state index contributed by atoms with van der Waals surface area (Å²) in [6.07, 6.45) is 0. The van der Waals surface area contributed by atoms with Gasteiger partial charge in [-0.3, -0.25) is 0 Å². The van der Waals surface area contributed by atoms with Crippen molar-refractivity contribution in [2.45, 2.75) is 0 Å². The van der Waals surface area contributed by atoms with E-state index in [0.29, 0.717) is 0 Å². The van der Waals surface area contributed by atoms with Crippen molar-refractivity contribution in [1.82, 2.24) is 0 Å². The molecular weight excluding hydrogens is 664 g/mol. The van der Waals surface area contributed by atoms with E-state index in [-0.39, 0.29) is 24.3 Å². The number of hydrogen-bond donors (Lipinski definition) is 0. The van der Waals surface area contributed by atoms with Crippen LogP contribution in [0.1, 0.15) is 0 Å². The van der Waals surface area contributed by atoms with Gasteiger partial charge in [-0.2, -0.15) is 8.78 Å². The summed E-state index contributed by atoms with van der Waals surface area (Å²) >= 11 is 0. The SMILES string of the molecule is Fc1ccc(OB(Oc2ccc(F)c(F)c2F)c2c(F)c(F)c3c(F)c(F)c4c(F)c(F)c(F)c5c(F)c(F)c2c3c45)c(F)c1F. The minimum atomic E-state index is -3.20. The fourth-order valence-electron chi connectivity index (χ4n) is 4.95. The van der Waals surface area contributed by atoms with E-state index in [1.165, 1.54) is 0 Å². The molecule has 46 heavy (non-hydrogen) atoms. The Morgan fingerprint density at radius 3 is 1.04 bits per heavy atom. The lowest BCUT2D eigenvalue weighted by atomic mass is 9.73. The average molecular weight is 668 g/mol. The number of benzene rings is 6. The Kier molecular flexibility index (Phi) is 7.08. The van der Waals surface area contributed by atoms with E-state index in [4.69, 9.17) is 9.31 Å². The Hall–Kier alpha value is -5.03. The summed E-state index contributed by atoms with van der Waals surface area (Å²) in [6.45, 7) is 0. The van der Waals surface area contributed by atoms with Crippen LogP contribution in [0.25, 0.3) is 32.3 Å². The predicted molar refractivity (Wildman–Crippen MR) is 129 cm³/mol.